The average molecular weight is 157 g/mol. The minimum Gasteiger partial charge on any atom is -0.463 e. The molecule has 0 aromatic heterocycles. The second-order valence-corrected chi connectivity index (χ2v) is 2.51. The highest BCUT2D eigenvalue weighted by molar-refractivity contribution is 5.78. The van der Waals surface area contributed by atoms with Gasteiger partial charge in [0, 0.05) is 6.42 Å². The fraction of sp³-hybridized carbons (Fsp3) is 0.714. The van der Waals surface area contributed by atoms with Crippen LogP contribution in [0.1, 0.15) is 19.8 Å². The number of carbonyl (C=O) groups is 2. The van der Waals surface area contributed by atoms with Gasteiger partial charge in [-0.1, -0.05) is 6.92 Å². The Bertz CT molecular complexity index is 179. The largest absolute Gasteiger partial charge is 0.463 e. The molecule has 1 N–H and O–H groups in total. The van der Waals surface area contributed by atoms with Crippen LogP contribution in [0.25, 0.3) is 0 Å². The van der Waals surface area contributed by atoms with Gasteiger partial charge in [-0.2, -0.15) is 0 Å². The number of esters is 1. The van der Waals surface area contributed by atoms with E-state index in [0.29, 0.717) is 19.4 Å². The molecule has 1 amide bonds. The zero-order valence-electron chi connectivity index (χ0n) is 6.42. The second kappa shape index (κ2) is 3.37. The Hall–Kier alpha value is -1.06. The first-order valence-corrected chi connectivity index (χ1v) is 3.67. The molecule has 4 nitrogen and oxygen atoms in total. The van der Waals surface area contributed by atoms with Gasteiger partial charge in [0.1, 0.15) is 6.61 Å². The van der Waals surface area contributed by atoms with Crippen LogP contribution >= 0.6 is 0 Å². The minimum atomic E-state index is -0.230. The number of hydrogen-bond acceptors (Lipinski definition) is 3. The summed E-state index contributed by atoms with van der Waals surface area (Å²) in [6.45, 7) is 2.09. The molecule has 1 aliphatic heterocycles. The smallest absolute Gasteiger partial charge is 0.308 e. The Morgan fingerprint density at radius 2 is 2.55 bits per heavy atom. The molecule has 4 heteroatoms. The lowest BCUT2D eigenvalue weighted by atomic mass is 10.2. The average Bonchev–Trinajstić information content (AvgIpc) is 2.35. The van der Waals surface area contributed by atoms with Crippen molar-refractivity contribution in [3.63, 3.8) is 0 Å². The monoisotopic (exact) mass is 157 g/mol. The fourth-order valence-corrected chi connectivity index (χ4v) is 0.935. The molecule has 1 fully saturated rings. The SMILES string of the molecule is CCC(=O)NC1COC(=O)C1. The fourth-order valence-electron chi connectivity index (χ4n) is 0.935. The number of hydrogen-bond donors (Lipinski definition) is 1. The third kappa shape index (κ3) is 2.22. The van der Waals surface area contributed by atoms with Crippen LogP contribution in [0.4, 0.5) is 0 Å². The lowest BCUT2D eigenvalue weighted by Crippen LogP contribution is -2.34. The molecule has 1 heterocycles. The van der Waals surface area contributed by atoms with E-state index in [0.717, 1.165) is 0 Å². The topological polar surface area (TPSA) is 55.4 Å². The first-order valence-electron chi connectivity index (χ1n) is 3.67. The van der Waals surface area contributed by atoms with Crippen molar-refractivity contribution < 1.29 is 14.3 Å². The van der Waals surface area contributed by atoms with Crippen LogP contribution < -0.4 is 5.32 Å². The predicted molar refractivity (Wildman–Crippen MR) is 37.8 cm³/mol. The molecule has 11 heavy (non-hydrogen) atoms. The van der Waals surface area contributed by atoms with E-state index in [-0.39, 0.29) is 17.9 Å². The molecule has 62 valence electrons. The van der Waals surface area contributed by atoms with Gasteiger partial charge in [0.15, 0.2) is 0 Å². The Morgan fingerprint density at radius 1 is 1.82 bits per heavy atom. The van der Waals surface area contributed by atoms with Crippen LogP contribution in [0.15, 0.2) is 0 Å². The number of rotatable bonds is 2. The standard InChI is InChI=1S/C7H11NO3/c1-2-6(9)8-5-3-7(10)11-4-5/h5H,2-4H2,1H3,(H,8,9). The maximum absolute atomic E-state index is 10.8. The Balaban J connectivity index is 2.28. The molecule has 1 atom stereocenters. The van der Waals surface area contributed by atoms with E-state index < -0.39 is 0 Å². The van der Waals surface area contributed by atoms with Crippen LogP contribution in [-0.2, 0) is 14.3 Å². The maximum Gasteiger partial charge on any atom is 0.308 e. The van der Waals surface area contributed by atoms with Gasteiger partial charge < -0.3 is 10.1 Å². The van der Waals surface area contributed by atoms with Crippen molar-refractivity contribution in [2.24, 2.45) is 0 Å². The summed E-state index contributed by atoms with van der Waals surface area (Å²) >= 11 is 0. The van der Waals surface area contributed by atoms with Gasteiger partial charge in [0.25, 0.3) is 0 Å². The molecule has 0 bridgehead atoms. The van der Waals surface area contributed by atoms with Crippen molar-refractivity contribution in [1.82, 2.24) is 5.32 Å². The quantitative estimate of drug-likeness (QED) is 0.566. The van der Waals surface area contributed by atoms with E-state index in [1.807, 2.05) is 0 Å². The summed E-state index contributed by atoms with van der Waals surface area (Å²) in [6, 6.07) is -0.102. The van der Waals surface area contributed by atoms with Gasteiger partial charge in [-0.3, -0.25) is 9.59 Å². The Kier molecular flexibility index (Phi) is 2.46. The summed E-state index contributed by atoms with van der Waals surface area (Å²) in [7, 11) is 0. The molecule has 0 aliphatic carbocycles. The second-order valence-electron chi connectivity index (χ2n) is 2.51. The highest BCUT2D eigenvalue weighted by atomic mass is 16.5. The molecule has 0 saturated carbocycles. The van der Waals surface area contributed by atoms with Gasteiger partial charge in [-0.15, -0.1) is 0 Å². The zero-order chi connectivity index (χ0) is 8.27. The number of cyclic esters (lactones) is 1. The maximum atomic E-state index is 10.8. The molecule has 1 aliphatic rings. The predicted octanol–water partition coefficient (Wildman–Crippen LogP) is -0.172. The summed E-state index contributed by atoms with van der Waals surface area (Å²) in [5, 5.41) is 2.67. The molecule has 1 rings (SSSR count). The molecule has 0 spiro atoms. The Labute approximate surface area is 64.9 Å². The molecule has 0 aromatic rings. The first-order chi connectivity index (χ1) is 5.22. The molecule has 0 radical (unpaired) electrons. The van der Waals surface area contributed by atoms with Crippen LogP contribution in [0.3, 0.4) is 0 Å². The van der Waals surface area contributed by atoms with Crippen LogP contribution in [-0.4, -0.2) is 24.5 Å². The van der Waals surface area contributed by atoms with Gasteiger partial charge in [-0.25, -0.2) is 0 Å². The number of ether oxygens (including phenoxy) is 1. The lowest BCUT2D eigenvalue weighted by molar-refractivity contribution is -0.138. The van der Waals surface area contributed by atoms with Gasteiger partial charge in [0.2, 0.25) is 5.91 Å². The molecular formula is C7H11NO3. The summed E-state index contributed by atoms with van der Waals surface area (Å²) in [4.78, 5) is 21.3. The number of nitrogens with one attached hydrogen (secondary N) is 1. The molecular weight excluding hydrogens is 146 g/mol. The van der Waals surface area contributed by atoms with Crippen molar-refractivity contribution >= 4 is 11.9 Å². The van der Waals surface area contributed by atoms with Gasteiger partial charge in [0.05, 0.1) is 12.5 Å². The third-order valence-electron chi connectivity index (χ3n) is 1.54. The van der Waals surface area contributed by atoms with Gasteiger partial charge in [-0.05, 0) is 0 Å². The normalized spacial score (nSPS) is 23.0. The summed E-state index contributed by atoms with van der Waals surface area (Å²) < 4.78 is 4.66. The van der Waals surface area contributed by atoms with Crippen molar-refractivity contribution in [3.8, 4) is 0 Å². The van der Waals surface area contributed by atoms with Crippen LogP contribution in [0.5, 0.6) is 0 Å². The molecule has 1 unspecified atom stereocenters. The van der Waals surface area contributed by atoms with Crippen molar-refractivity contribution in [1.29, 1.82) is 0 Å². The summed E-state index contributed by atoms with van der Waals surface area (Å²) in [6.07, 6.45) is 0.760. The highest BCUT2D eigenvalue weighted by Crippen LogP contribution is 2.05. The molecule has 1 saturated heterocycles. The van der Waals surface area contributed by atoms with E-state index in [1.165, 1.54) is 0 Å². The zero-order valence-corrected chi connectivity index (χ0v) is 6.42. The van der Waals surface area contributed by atoms with E-state index in [2.05, 4.69) is 10.1 Å². The van der Waals surface area contributed by atoms with Crippen molar-refractivity contribution in [3.05, 3.63) is 0 Å². The molecule has 0 aromatic carbocycles. The first kappa shape index (κ1) is 8.04. The van der Waals surface area contributed by atoms with Crippen molar-refractivity contribution in [2.45, 2.75) is 25.8 Å². The van der Waals surface area contributed by atoms with Gasteiger partial charge >= 0.3 is 5.97 Å². The van der Waals surface area contributed by atoms with E-state index in [1.54, 1.807) is 6.92 Å². The van der Waals surface area contributed by atoms with E-state index in [9.17, 15) is 9.59 Å². The number of amides is 1. The lowest BCUT2D eigenvalue weighted by Gasteiger charge is -2.06. The van der Waals surface area contributed by atoms with Crippen molar-refractivity contribution in [2.75, 3.05) is 6.61 Å². The van der Waals surface area contributed by atoms with Crippen LogP contribution in [0.2, 0.25) is 0 Å². The van der Waals surface area contributed by atoms with Crippen LogP contribution in [0, 0.1) is 0 Å². The highest BCUT2D eigenvalue weighted by Gasteiger charge is 2.24. The Morgan fingerprint density at radius 3 is 3.00 bits per heavy atom. The summed E-state index contributed by atoms with van der Waals surface area (Å²) in [5.41, 5.74) is 0. The number of carbonyl (C=O) groups excluding carboxylic acids is 2. The minimum absolute atomic E-state index is 0.0340. The van der Waals surface area contributed by atoms with E-state index in [4.69, 9.17) is 0 Å². The third-order valence-corrected chi connectivity index (χ3v) is 1.54. The van der Waals surface area contributed by atoms with E-state index >= 15 is 0 Å². The summed E-state index contributed by atoms with van der Waals surface area (Å²) in [5.74, 6) is -0.264.